The maximum absolute atomic E-state index is 5.56. The van der Waals surface area contributed by atoms with E-state index in [1.807, 2.05) is 0 Å². The minimum absolute atomic E-state index is 0.568. The Kier molecular flexibility index (Phi) is 1.15. The first kappa shape index (κ1) is 5.96. The molecule has 0 atom stereocenters. The first-order valence-electron chi connectivity index (χ1n) is 3.07. The lowest BCUT2D eigenvalue weighted by atomic mass is 10.3. The summed E-state index contributed by atoms with van der Waals surface area (Å²) < 4.78 is 4.64. The highest BCUT2D eigenvalue weighted by molar-refractivity contribution is 5.67. The van der Waals surface area contributed by atoms with Crippen LogP contribution in [-0.2, 0) is 0 Å². The van der Waals surface area contributed by atoms with Gasteiger partial charge in [0.1, 0.15) is 17.7 Å². The standard InChI is InChI=1S/C6H6N4O/c7-4-3-8-9-6(4)5-1-2-11-10-5/h1-3H,7H2,(H,8,9). The number of hydrogen-bond donors (Lipinski definition) is 2. The average Bonchev–Trinajstić information content (AvgIpc) is 2.55. The number of hydrogen-bond acceptors (Lipinski definition) is 4. The van der Waals surface area contributed by atoms with Gasteiger partial charge in [0.25, 0.3) is 0 Å². The Morgan fingerprint density at radius 3 is 3.00 bits per heavy atom. The molecule has 0 aliphatic carbocycles. The quantitative estimate of drug-likeness (QED) is 0.625. The highest BCUT2D eigenvalue weighted by Crippen LogP contribution is 2.19. The van der Waals surface area contributed by atoms with Crippen molar-refractivity contribution >= 4 is 5.69 Å². The van der Waals surface area contributed by atoms with Crippen LogP contribution in [0.3, 0.4) is 0 Å². The van der Waals surface area contributed by atoms with Crippen molar-refractivity contribution in [2.45, 2.75) is 0 Å². The molecule has 0 fully saturated rings. The molecule has 2 aromatic heterocycles. The number of H-pyrrole nitrogens is 1. The number of nitrogens with two attached hydrogens (primary N) is 1. The lowest BCUT2D eigenvalue weighted by Gasteiger charge is -1.88. The summed E-state index contributed by atoms with van der Waals surface area (Å²) >= 11 is 0. The number of anilines is 1. The zero-order chi connectivity index (χ0) is 7.68. The SMILES string of the molecule is Nc1cn[nH]c1-c1ccon1. The maximum Gasteiger partial charge on any atom is 0.133 e. The lowest BCUT2D eigenvalue weighted by molar-refractivity contribution is 0.422. The van der Waals surface area contributed by atoms with E-state index in [-0.39, 0.29) is 0 Å². The van der Waals surface area contributed by atoms with E-state index in [2.05, 4.69) is 19.9 Å². The monoisotopic (exact) mass is 150 g/mol. The second kappa shape index (κ2) is 2.12. The molecule has 5 heteroatoms. The number of nitrogen functional groups attached to an aromatic ring is 1. The van der Waals surface area contributed by atoms with Gasteiger partial charge in [-0.3, -0.25) is 5.10 Å². The topological polar surface area (TPSA) is 80.7 Å². The molecular formula is C6H6N4O. The summed E-state index contributed by atoms with van der Waals surface area (Å²) in [6.07, 6.45) is 3.01. The van der Waals surface area contributed by atoms with Crippen LogP contribution in [0.2, 0.25) is 0 Å². The molecule has 56 valence electrons. The molecule has 0 aromatic carbocycles. The number of aromatic amines is 1. The van der Waals surface area contributed by atoms with Gasteiger partial charge in [0.2, 0.25) is 0 Å². The molecule has 2 rings (SSSR count). The Morgan fingerprint density at radius 1 is 1.55 bits per heavy atom. The molecule has 0 saturated carbocycles. The van der Waals surface area contributed by atoms with Crippen LogP contribution in [0.15, 0.2) is 23.0 Å². The second-order valence-electron chi connectivity index (χ2n) is 2.09. The summed E-state index contributed by atoms with van der Waals surface area (Å²) in [5.74, 6) is 0. The van der Waals surface area contributed by atoms with Crippen LogP contribution >= 0.6 is 0 Å². The highest BCUT2D eigenvalue weighted by atomic mass is 16.5. The predicted molar refractivity (Wildman–Crippen MR) is 38.5 cm³/mol. The van der Waals surface area contributed by atoms with Crippen molar-refractivity contribution in [2.24, 2.45) is 0 Å². The molecule has 0 unspecified atom stereocenters. The molecule has 0 aliphatic heterocycles. The van der Waals surface area contributed by atoms with Gasteiger partial charge in [0.15, 0.2) is 0 Å². The third-order valence-electron chi connectivity index (χ3n) is 1.36. The van der Waals surface area contributed by atoms with Crippen molar-refractivity contribution in [3.05, 3.63) is 18.5 Å². The Morgan fingerprint density at radius 2 is 2.45 bits per heavy atom. The minimum Gasteiger partial charge on any atom is -0.396 e. The Labute approximate surface area is 62.2 Å². The molecule has 0 spiro atoms. The van der Waals surface area contributed by atoms with Crippen molar-refractivity contribution in [1.29, 1.82) is 0 Å². The fraction of sp³-hybridized carbons (Fsp3) is 0. The van der Waals surface area contributed by atoms with Gasteiger partial charge in [-0.05, 0) is 0 Å². The minimum atomic E-state index is 0.568. The molecule has 0 bridgehead atoms. The van der Waals surface area contributed by atoms with Crippen LogP contribution in [0.4, 0.5) is 5.69 Å². The van der Waals surface area contributed by atoms with Crippen LogP contribution in [0.1, 0.15) is 0 Å². The fourth-order valence-corrected chi connectivity index (χ4v) is 0.842. The summed E-state index contributed by atoms with van der Waals surface area (Å²) in [7, 11) is 0. The zero-order valence-corrected chi connectivity index (χ0v) is 5.61. The molecule has 0 radical (unpaired) electrons. The largest absolute Gasteiger partial charge is 0.396 e. The van der Waals surface area contributed by atoms with Gasteiger partial charge in [-0.1, -0.05) is 5.16 Å². The van der Waals surface area contributed by atoms with Gasteiger partial charge in [-0.25, -0.2) is 0 Å². The Balaban J connectivity index is 2.53. The molecular weight excluding hydrogens is 144 g/mol. The molecule has 5 nitrogen and oxygen atoms in total. The molecule has 2 heterocycles. The van der Waals surface area contributed by atoms with Gasteiger partial charge in [0.05, 0.1) is 11.9 Å². The summed E-state index contributed by atoms with van der Waals surface area (Å²) in [6.45, 7) is 0. The third-order valence-corrected chi connectivity index (χ3v) is 1.36. The molecule has 3 N–H and O–H groups in total. The van der Waals surface area contributed by atoms with Gasteiger partial charge in [-0.2, -0.15) is 5.10 Å². The average molecular weight is 150 g/mol. The Bertz CT molecular complexity index is 337. The summed E-state index contributed by atoms with van der Waals surface area (Å²) in [5.41, 5.74) is 7.48. The van der Waals surface area contributed by atoms with E-state index in [4.69, 9.17) is 5.73 Å². The summed E-state index contributed by atoms with van der Waals surface area (Å²) in [5, 5.41) is 10.1. The van der Waals surface area contributed by atoms with Crippen LogP contribution in [0, 0.1) is 0 Å². The van der Waals surface area contributed by atoms with Gasteiger partial charge in [-0.15, -0.1) is 0 Å². The van der Waals surface area contributed by atoms with Gasteiger partial charge in [0, 0.05) is 6.07 Å². The van der Waals surface area contributed by atoms with Crippen LogP contribution in [-0.4, -0.2) is 15.4 Å². The maximum atomic E-state index is 5.56. The number of nitrogens with one attached hydrogen (secondary N) is 1. The normalized spacial score (nSPS) is 10.2. The number of rotatable bonds is 1. The van der Waals surface area contributed by atoms with Crippen LogP contribution < -0.4 is 5.73 Å². The van der Waals surface area contributed by atoms with E-state index < -0.39 is 0 Å². The first-order chi connectivity index (χ1) is 5.38. The lowest BCUT2D eigenvalue weighted by Crippen LogP contribution is -1.85. The van der Waals surface area contributed by atoms with Crippen molar-refractivity contribution in [3.8, 4) is 11.4 Å². The van der Waals surface area contributed by atoms with E-state index in [9.17, 15) is 0 Å². The zero-order valence-electron chi connectivity index (χ0n) is 5.61. The Hall–Kier alpha value is -1.78. The van der Waals surface area contributed by atoms with E-state index in [1.165, 1.54) is 12.5 Å². The van der Waals surface area contributed by atoms with E-state index in [1.54, 1.807) is 6.07 Å². The van der Waals surface area contributed by atoms with Crippen LogP contribution in [0.5, 0.6) is 0 Å². The van der Waals surface area contributed by atoms with E-state index >= 15 is 0 Å². The summed E-state index contributed by atoms with van der Waals surface area (Å²) in [4.78, 5) is 0. The number of aromatic nitrogens is 3. The number of nitrogens with zero attached hydrogens (tertiary/aromatic N) is 2. The molecule has 2 aromatic rings. The van der Waals surface area contributed by atoms with Crippen molar-refractivity contribution in [1.82, 2.24) is 15.4 Å². The van der Waals surface area contributed by atoms with E-state index in [0.29, 0.717) is 17.1 Å². The van der Waals surface area contributed by atoms with Gasteiger partial charge < -0.3 is 10.3 Å². The molecule has 0 amide bonds. The molecule has 0 saturated heterocycles. The smallest absolute Gasteiger partial charge is 0.133 e. The van der Waals surface area contributed by atoms with Gasteiger partial charge >= 0.3 is 0 Å². The van der Waals surface area contributed by atoms with Crippen molar-refractivity contribution in [3.63, 3.8) is 0 Å². The molecule has 0 aliphatic rings. The first-order valence-corrected chi connectivity index (χ1v) is 3.07. The van der Waals surface area contributed by atoms with Crippen molar-refractivity contribution in [2.75, 3.05) is 5.73 Å². The summed E-state index contributed by atoms with van der Waals surface area (Å²) in [6, 6.07) is 1.71. The molecule has 11 heavy (non-hydrogen) atoms. The highest BCUT2D eigenvalue weighted by Gasteiger charge is 2.05. The van der Waals surface area contributed by atoms with E-state index in [0.717, 1.165) is 0 Å². The van der Waals surface area contributed by atoms with Crippen molar-refractivity contribution < 1.29 is 4.52 Å². The predicted octanol–water partition coefficient (Wildman–Crippen LogP) is 0.647. The fourth-order valence-electron chi connectivity index (χ4n) is 0.842. The van der Waals surface area contributed by atoms with Crippen LogP contribution in [0.25, 0.3) is 11.4 Å². The third kappa shape index (κ3) is 0.861. The second-order valence-corrected chi connectivity index (χ2v) is 2.09.